The first kappa shape index (κ1) is 9.92. The SMILES string of the molecule is CC(C)c1cc(C(C)N)[nH]c(=O)n1. The summed E-state index contributed by atoms with van der Waals surface area (Å²) in [6.07, 6.45) is 0. The lowest BCUT2D eigenvalue weighted by atomic mass is 10.1. The number of hydrogen-bond donors (Lipinski definition) is 2. The van der Waals surface area contributed by atoms with Gasteiger partial charge in [-0.05, 0) is 18.9 Å². The van der Waals surface area contributed by atoms with Crippen molar-refractivity contribution in [2.24, 2.45) is 5.73 Å². The minimum absolute atomic E-state index is 0.159. The van der Waals surface area contributed by atoms with Gasteiger partial charge in [0.2, 0.25) is 0 Å². The third-order valence-corrected chi connectivity index (χ3v) is 1.87. The first-order valence-corrected chi connectivity index (χ1v) is 4.37. The van der Waals surface area contributed by atoms with Gasteiger partial charge in [-0.2, -0.15) is 4.98 Å². The zero-order valence-corrected chi connectivity index (χ0v) is 8.16. The van der Waals surface area contributed by atoms with Crippen molar-refractivity contribution in [2.75, 3.05) is 0 Å². The lowest BCUT2D eigenvalue weighted by Crippen LogP contribution is -2.19. The topological polar surface area (TPSA) is 71.8 Å². The van der Waals surface area contributed by atoms with Gasteiger partial charge in [0.1, 0.15) is 0 Å². The van der Waals surface area contributed by atoms with Crippen molar-refractivity contribution in [1.29, 1.82) is 0 Å². The molecule has 4 heteroatoms. The van der Waals surface area contributed by atoms with Crippen LogP contribution in [0.3, 0.4) is 0 Å². The Kier molecular flexibility index (Phi) is 2.83. The molecule has 1 heterocycles. The maximum absolute atomic E-state index is 11.1. The van der Waals surface area contributed by atoms with E-state index in [0.717, 1.165) is 11.4 Å². The van der Waals surface area contributed by atoms with Crippen LogP contribution in [0.15, 0.2) is 10.9 Å². The largest absolute Gasteiger partial charge is 0.345 e. The molecule has 0 spiro atoms. The van der Waals surface area contributed by atoms with E-state index >= 15 is 0 Å². The fourth-order valence-electron chi connectivity index (χ4n) is 1.04. The molecular weight excluding hydrogens is 166 g/mol. The van der Waals surface area contributed by atoms with Gasteiger partial charge in [0.05, 0.1) is 5.69 Å². The monoisotopic (exact) mass is 181 g/mol. The van der Waals surface area contributed by atoms with Crippen LogP contribution in [0.4, 0.5) is 0 Å². The number of H-pyrrole nitrogens is 1. The van der Waals surface area contributed by atoms with Gasteiger partial charge < -0.3 is 10.7 Å². The highest BCUT2D eigenvalue weighted by Crippen LogP contribution is 2.12. The average Bonchev–Trinajstić information content (AvgIpc) is 2.03. The molecule has 1 rings (SSSR count). The Bertz CT molecular complexity index is 312. The molecule has 1 unspecified atom stereocenters. The highest BCUT2D eigenvalue weighted by molar-refractivity contribution is 5.13. The van der Waals surface area contributed by atoms with E-state index in [1.807, 2.05) is 26.8 Å². The van der Waals surface area contributed by atoms with Crippen LogP contribution in [0.5, 0.6) is 0 Å². The molecule has 4 nitrogen and oxygen atoms in total. The quantitative estimate of drug-likeness (QED) is 0.712. The number of hydrogen-bond acceptors (Lipinski definition) is 3. The highest BCUT2D eigenvalue weighted by atomic mass is 16.1. The zero-order chi connectivity index (χ0) is 10.0. The predicted molar refractivity (Wildman–Crippen MR) is 51.5 cm³/mol. The van der Waals surface area contributed by atoms with Crippen molar-refractivity contribution < 1.29 is 0 Å². The maximum Gasteiger partial charge on any atom is 0.345 e. The van der Waals surface area contributed by atoms with Crippen molar-refractivity contribution in [3.8, 4) is 0 Å². The Morgan fingerprint density at radius 3 is 2.54 bits per heavy atom. The molecule has 0 saturated carbocycles. The predicted octanol–water partition coefficient (Wildman–Crippen LogP) is 0.913. The van der Waals surface area contributed by atoms with E-state index in [1.54, 1.807) is 0 Å². The molecule has 0 radical (unpaired) electrons. The summed E-state index contributed by atoms with van der Waals surface area (Å²) in [5.41, 5.74) is 6.86. The van der Waals surface area contributed by atoms with Crippen LogP contribution in [0, 0.1) is 0 Å². The fraction of sp³-hybridized carbons (Fsp3) is 0.556. The molecule has 0 aliphatic carbocycles. The fourth-order valence-corrected chi connectivity index (χ4v) is 1.04. The lowest BCUT2D eigenvalue weighted by molar-refractivity contribution is 0.733. The Morgan fingerprint density at radius 1 is 1.46 bits per heavy atom. The summed E-state index contributed by atoms with van der Waals surface area (Å²) in [4.78, 5) is 17.6. The number of rotatable bonds is 2. The van der Waals surface area contributed by atoms with Gasteiger partial charge in [0.25, 0.3) is 0 Å². The van der Waals surface area contributed by atoms with Crippen LogP contribution < -0.4 is 11.4 Å². The molecule has 0 bridgehead atoms. The van der Waals surface area contributed by atoms with E-state index in [2.05, 4.69) is 9.97 Å². The summed E-state index contributed by atoms with van der Waals surface area (Å²) in [6, 6.07) is 1.68. The number of aromatic amines is 1. The number of nitrogens with two attached hydrogens (primary N) is 1. The number of nitrogens with zero attached hydrogens (tertiary/aromatic N) is 1. The minimum atomic E-state index is -0.321. The van der Waals surface area contributed by atoms with Crippen LogP contribution in [-0.2, 0) is 0 Å². The van der Waals surface area contributed by atoms with Crippen LogP contribution in [0.25, 0.3) is 0 Å². The standard InChI is InChI=1S/C9H15N3O/c1-5(2)7-4-8(6(3)10)12-9(13)11-7/h4-6H,10H2,1-3H3,(H,11,12,13). The van der Waals surface area contributed by atoms with Crippen molar-refractivity contribution >= 4 is 0 Å². The van der Waals surface area contributed by atoms with Crippen LogP contribution in [-0.4, -0.2) is 9.97 Å². The second kappa shape index (κ2) is 3.70. The molecule has 1 aromatic heterocycles. The smallest absolute Gasteiger partial charge is 0.323 e. The Hall–Kier alpha value is -1.16. The van der Waals surface area contributed by atoms with E-state index in [1.165, 1.54) is 0 Å². The average molecular weight is 181 g/mol. The van der Waals surface area contributed by atoms with Crippen LogP contribution in [0.1, 0.15) is 44.1 Å². The second-order valence-corrected chi connectivity index (χ2v) is 3.51. The summed E-state index contributed by atoms with van der Waals surface area (Å²) < 4.78 is 0. The Balaban J connectivity index is 3.19. The Morgan fingerprint density at radius 2 is 2.08 bits per heavy atom. The number of aromatic nitrogens is 2. The minimum Gasteiger partial charge on any atom is -0.323 e. The zero-order valence-electron chi connectivity index (χ0n) is 8.16. The molecule has 1 aromatic rings. The van der Waals surface area contributed by atoms with Crippen LogP contribution >= 0.6 is 0 Å². The van der Waals surface area contributed by atoms with Crippen LogP contribution in [0.2, 0.25) is 0 Å². The summed E-state index contributed by atoms with van der Waals surface area (Å²) in [6.45, 7) is 5.81. The van der Waals surface area contributed by atoms with Crippen molar-refractivity contribution in [2.45, 2.75) is 32.7 Å². The third-order valence-electron chi connectivity index (χ3n) is 1.87. The summed E-state index contributed by atoms with van der Waals surface area (Å²) in [5, 5.41) is 0. The maximum atomic E-state index is 11.1. The van der Waals surface area contributed by atoms with Gasteiger partial charge in [-0.3, -0.25) is 0 Å². The van der Waals surface area contributed by atoms with Gasteiger partial charge >= 0.3 is 5.69 Å². The summed E-state index contributed by atoms with van der Waals surface area (Å²) in [7, 11) is 0. The first-order valence-electron chi connectivity index (χ1n) is 4.37. The molecular formula is C9H15N3O. The van der Waals surface area contributed by atoms with E-state index in [4.69, 9.17) is 5.73 Å². The van der Waals surface area contributed by atoms with Gasteiger partial charge in [-0.15, -0.1) is 0 Å². The van der Waals surface area contributed by atoms with Gasteiger partial charge in [-0.25, -0.2) is 4.79 Å². The summed E-state index contributed by atoms with van der Waals surface area (Å²) in [5.74, 6) is 0.250. The normalized spacial score (nSPS) is 13.3. The first-order chi connectivity index (χ1) is 6.00. The number of nitrogens with one attached hydrogen (secondary N) is 1. The van der Waals surface area contributed by atoms with E-state index in [-0.39, 0.29) is 17.6 Å². The van der Waals surface area contributed by atoms with E-state index in [0.29, 0.717) is 0 Å². The van der Waals surface area contributed by atoms with Gasteiger partial charge in [-0.1, -0.05) is 13.8 Å². The molecule has 0 aromatic carbocycles. The molecule has 0 fully saturated rings. The van der Waals surface area contributed by atoms with Gasteiger partial charge in [0, 0.05) is 11.7 Å². The molecule has 72 valence electrons. The van der Waals surface area contributed by atoms with Crippen molar-refractivity contribution in [3.63, 3.8) is 0 Å². The molecule has 0 amide bonds. The van der Waals surface area contributed by atoms with Crippen molar-refractivity contribution in [1.82, 2.24) is 9.97 Å². The lowest BCUT2D eigenvalue weighted by Gasteiger charge is -2.08. The summed E-state index contributed by atoms with van der Waals surface area (Å²) >= 11 is 0. The molecule has 0 aliphatic rings. The second-order valence-electron chi connectivity index (χ2n) is 3.51. The molecule has 13 heavy (non-hydrogen) atoms. The van der Waals surface area contributed by atoms with Crippen molar-refractivity contribution in [3.05, 3.63) is 27.9 Å². The van der Waals surface area contributed by atoms with Gasteiger partial charge in [0.15, 0.2) is 0 Å². The molecule has 0 saturated heterocycles. The van der Waals surface area contributed by atoms with E-state index < -0.39 is 0 Å². The highest BCUT2D eigenvalue weighted by Gasteiger charge is 2.06. The Labute approximate surface area is 77.2 Å². The molecule has 0 aliphatic heterocycles. The molecule has 1 atom stereocenters. The molecule has 3 N–H and O–H groups in total. The third kappa shape index (κ3) is 2.39. The van der Waals surface area contributed by atoms with E-state index in [9.17, 15) is 4.79 Å².